The maximum Gasteiger partial charge on any atom is 0.191 e. The minimum absolute atomic E-state index is 0.396. The molecule has 2 fully saturated rings. The van der Waals surface area contributed by atoms with Gasteiger partial charge >= 0.3 is 0 Å². The monoisotopic (exact) mass is 352 g/mol. The summed E-state index contributed by atoms with van der Waals surface area (Å²) in [7, 11) is 3.68. The molecule has 1 atom stereocenters. The summed E-state index contributed by atoms with van der Waals surface area (Å²) in [4.78, 5) is 7.04. The minimum atomic E-state index is 0.396. The lowest BCUT2D eigenvalue weighted by Crippen LogP contribution is -2.45. The first-order valence-electron chi connectivity index (χ1n) is 10.3. The summed E-state index contributed by atoms with van der Waals surface area (Å²) in [6, 6.07) is 0. The van der Waals surface area contributed by atoms with Crippen molar-refractivity contribution in [2.24, 2.45) is 16.3 Å². The summed E-state index contributed by atoms with van der Waals surface area (Å²) in [5.41, 5.74) is 0.396. The fraction of sp³-hybridized carbons (Fsp3) is 0.950. The highest BCUT2D eigenvalue weighted by molar-refractivity contribution is 5.79. The number of ether oxygens (including phenoxy) is 1. The first-order chi connectivity index (χ1) is 12.2. The van der Waals surface area contributed by atoms with Gasteiger partial charge in [0.1, 0.15) is 0 Å². The lowest BCUT2D eigenvalue weighted by atomic mass is 9.83. The summed E-state index contributed by atoms with van der Waals surface area (Å²) in [5, 5.41) is 7.13. The highest BCUT2D eigenvalue weighted by Gasteiger charge is 2.33. The summed E-state index contributed by atoms with van der Waals surface area (Å²) in [6.45, 7) is 8.95. The fourth-order valence-electron chi connectivity index (χ4n) is 4.37. The molecule has 0 spiro atoms. The van der Waals surface area contributed by atoms with Crippen LogP contribution in [0, 0.1) is 11.3 Å². The second kappa shape index (κ2) is 11.0. The average molecular weight is 353 g/mol. The molecule has 1 unspecified atom stereocenters. The van der Waals surface area contributed by atoms with Crippen LogP contribution in [-0.4, -0.2) is 64.3 Å². The number of aliphatic imine (C=N–C) groups is 1. The molecule has 1 aliphatic carbocycles. The SMILES string of the molecule is CN=C(NCC(C)CN1CCCCC1)NCC1(CCOC)CCCC1. The number of guanidine groups is 1. The number of methoxy groups -OCH3 is 1. The quantitative estimate of drug-likeness (QED) is 0.495. The fourth-order valence-corrected chi connectivity index (χ4v) is 4.37. The van der Waals surface area contributed by atoms with Crippen LogP contribution in [0.5, 0.6) is 0 Å². The first kappa shape index (κ1) is 20.5. The van der Waals surface area contributed by atoms with Crippen molar-refractivity contribution < 1.29 is 4.74 Å². The van der Waals surface area contributed by atoms with Crippen LogP contribution >= 0.6 is 0 Å². The molecular weight excluding hydrogens is 312 g/mol. The van der Waals surface area contributed by atoms with E-state index in [1.54, 1.807) is 7.11 Å². The summed E-state index contributed by atoms with van der Waals surface area (Å²) < 4.78 is 5.33. The smallest absolute Gasteiger partial charge is 0.191 e. The molecule has 1 saturated heterocycles. The Hall–Kier alpha value is -0.810. The second-order valence-electron chi connectivity index (χ2n) is 8.22. The average Bonchev–Trinajstić information content (AvgIpc) is 3.10. The van der Waals surface area contributed by atoms with Gasteiger partial charge < -0.3 is 20.3 Å². The van der Waals surface area contributed by atoms with Crippen molar-refractivity contribution in [3.8, 4) is 0 Å². The maximum atomic E-state index is 5.33. The van der Waals surface area contributed by atoms with Crippen molar-refractivity contribution >= 4 is 5.96 Å². The Labute approximate surface area is 155 Å². The highest BCUT2D eigenvalue weighted by Crippen LogP contribution is 2.40. The Bertz CT molecular complexity index is 387. The van der Waals surface area contributed by atoms with E-state index < -0.39 is 0 Å². The van der Waals surface area contributed by atoms with Gasteiger partial charge in [-0.1, -0.05) is 26.2 Å². The topological polar surface area (TPSA) is 48.9 Å². The molecule has 2 N–H and O–H groups in total. The zero-order valence-corrected chi connectivity index (χ0v) is 16.8. The second-order valence-corrected chi connectivity index (χ2v) is 8.22. The highest BCUT2D eigenvalue weighted by atomic mass is 16.5. The standard InChI is InChI=1S/C20H40N4O/c1-18(16-24-12-7-4-8-13-24)15-22-19(21-2)23-17-20(11-14-25-3)9-5-6-10-20/h18H,4-17H2,1-3H3,(H2,21,22,23). The Morgan fingerprint density at radius 3 is 2.48 bits per heavy atom. The van der Waals surface area contributed by atoms with E-state index >= 15 is 0 Å². The molecule has 0 bridgehead atoms. The van der Waals surface area contributed by atoms with Crippen LogP contribution in [0.1, 0.15) is 58.3 Å². The predicted octanol–water partition coefficient (Wildman–Crippen LogP) is 2.87. The van der Waals surface area contributed by atoms with Crippen molar-refractivity contribution in [2.45, 2.75) is 58.3 Å². The molecule has 1 heterocycles. The van der Waals surface area contributed by atoms with E-state index in [9.17, 15) is 0 Å². The molecule has 0 aromatic heterocycles. The van der Waals surface area contributed by atoms with Crippen molar-refractivity contribution in [1.82, 2.24) is 15.5 Å². The van der Waals surface area contributed by atoms with E-state index in [0.717, 1.165) is 32.1 Å². The van der Waals surface area contributed by atoms with E-state index in [0.29, 0.717) is 11.3 Å². The molecule has 5 nitrogen and oxygen atoms in total. The van der Waals surface area contributed by atoms with Crippen molar-refractivity contribution in [2.75, 3.05) is 53.5 Å². The van der Waals surface area contributed by atoms with Crippen LogP contribution in [-0.2, 0) is 4.74 Å². The molecule has 5 heteroatoms. The minimum Gasteiger partial charge on any atom is -0.385 e. The lowest BCUT2D eigenvalue weighted by Gasteiger charge is -2.31. The third-order valence-electron chi connectivity index (χ3n) is 5.99. The Balaban J connectivity index is 1.70. The molecule has 2 aliphatic rings. The third kappa shape index (κ3) is 7.14. The van der Waals surface area contributed by atoms with Gasteiger partial charge in [0, 0.05) is 40.4 Å². The predicted molar refractivity (Wildman–Crippen MR) is 106 cm³/mol. The summed E-state index contributed by atoms with van der Waals surface area (Å²) in [5.74, 6) is 1.60. The Morgan fingerprint density at radius 2 is 1.84 bits per heavy atom. The van der Waals surface area contributed by atoms with E-state index in [4.69, 9.17) is 4.74 Å². The molecule has 25 heavy (non-hydrogen) atoms. The molecule has 0 radical (unpaired) electrons. The molecule has 0 aromatic rings. The molecule has 2 rings (SSSR count). The van der Waals surface area contributed by atoms with E-state index in [2.05, 4.69) is 27.4 Å². The Kier molecular flexibility index (Phi) is 9.04. The molecule has 0 aromatic carbocycles. The van der Waals surface area contributed by atoms with Gasteiger partial charge in [0.05, 0.1) is 0 Å². The van der Waals surface area contributed by atoms with Crippen LogP contribution in [0.3, 0.4) is 0 Å². The number of nitrogens with one attached hydrogen (secondary N) is 2. The van der Waals surface area contributed by atoms with Gasteiger partial charge in [-0.05, 0) is 56.5 Å². The van der Waals surface area contributed by atoms with E-state index in [-0.39, 0.29) is 0 Å². The summed E-state index contributed by atoms with van der Waals surface area (Å²) >= 11 is 0. The van der Waals surface area contributed by atoms with Gasteiger partial charge in [0.2, 0.25) is 0 Å². The van der Waals surface area contributed by atoms with Crippen LogP contribution < -0.4 is 10.6 Å². The molecular formula is C20H40N4O. The largest absolute Gasteiger partial charge is 0.385 e. The van der Waals surface area contributed by atoms with Gasteiger partial charge in [-0.3, -0.25) is 4.99 Å². The first-order valence-corrected chi connectivity index (χ1v) is 10.3. The van der Waals surface area contributed by atoms with Gasteiger partial charge in [-0.15, -0.1) is 0 Å². The van der Waals surface area contributed by atoms with Gasteiger partial charge in [0.15, 0.2) is 5.96 Å². The third-order valence-corrected chi connectivity index (χ3v) is 5.99. The number of hydrogen-bond acceptors (Lipinski definition) is 3. The van der Waals surface area contributed by atoms with Crippen molar-refractivity contribution in [3.05, 3.63) is 0 Å². The number of hydrogen-bond donors (Lipinski definition) is 2. The molecule has 1 saturated carbocycles. The number of rotatable bonds is 9. The normalized spacial score (nSPS) is 22.8. The van der Waals surface area contributed by atoms with Crippen molar-refractivity contribution in [1.29, 1.82) is 0 Å². The number of likely N-dealkylation sites (tertiary alicyclic amines) is 1. The van der Waals surface area contributed by atoms with Crippen molar-refractivity contribution in [3.63, 3.8) is 0 Å². The molecule has 1 aliphatic heterocycles. The van der Waals surface area contributed by atoms with E-state index in [1.165, 1.54) is 64.6 Å². The van der Waals surface area contributed by atoms with Gasteiger partial charge in [-0.25, -0.2) is 0 Å². The Morgan fingerprint density at radius 1 is 1.12 bits per heavy atom. The van der Waals surface area contributed by atoms with Crippen LogP contribution in [0.4, 0.5) is 0 Å². The summed E-state index contributed by atoms with van der Waals surface area (Å²) in [6.07, 6.45) is 10.6. The van der Waals surface area contributed by atoms with Gasteiger partial charge in [-0.2, -0.15) is 0 Å². The van der Waals surface area contributed by atoms with Crippen LogP contribution in [0.15, 0.2) is 4.99 Å². The van der Waals surface area contributed by atoms with Gasteiger partial charge in [0.25, 0.3) is 0 Å². The van der Waals surface area contributed by atoms with Crippen LogP contribution in [0.25, 0.3) is 0 Å². The lowest BCUT2D eigenvalue weighted by molar-refractivity contribution is 0.138. The molecule has 146 valence electrons. The van der Waals surface area contributed by atoms with E-state index in [1.807, 2.05) is 7.05 Å². The maximum absolute atomic E-state index is 5.33. The zero-order valence-electron chi connectivity index (χ0n) is 16.8. The van der Waals surface area contributed by atoms with Crippen LogP contribution in [0.2, 0.25) is 0 Å². The number of nitrogens with zero attached hydrogens (tertiary/aromatic N) is 2. The number of piperidine rings is 1. The molecule has 0 amide bonds. The zero-order chi connectivity index (χ0) is 18.0.